The standard InChI is InChI=1S/C24H18ClN3O3/c25-17-6-9-20-22(14-17)28(11-10-26)24(31)21(12-15-4-7-18(29)8-5-15)27-23(20)16-2-1-3-19(30)13-16/h1-9,13-14,21,29-30H,11-12H2. The molecule has 0 fully saturated rings. The number of aliphatic imine (C=N–C) groups is 1. The molecule has 0 spiro atoms. The number of rotatable bonds is 4. The highest BCUT2D eigenvalue weighted by Gasteiger charge is 2.32. The van der Waals surface area contributed by atoms with Gasteiger partial charge in [-0.05, 0) is 48.0 Å². The van der Waals surface area contributed by atoms with E-state index in [1.165, 1.54) is 4.90 Å². The second-order valence-corrected chi connectivity index (χ2v) is 7.59. The van der Waals surface area contributed by atoms with Crippen LogP contribution in [0.25, 0.3) is 0 Å². The molecule has 7 heteroatoms. The number of hydrogen-bond acceptors (Lipinski definition) is 5. The molecule has 1 aliphatic rings. The molecular formula is C24H18ClN3O3. The summed E-state index contributed by atoms with van der Waals surface area (Å²) in [6.07, 6.45) is 0.283. The molecule has 6 nitrogen and oxygen atoms in total. The van der Waals surface area contributed by atoms with Gasteiger partial charge in [-0.15, -0.1) is 0 Å². The second-order valence-electron chi connectivity index (χ2n) is 7.16. The third kappa shape index (κ3) is 4.23. The SMILES string of the molecule is N#CCN1C(=O)C(Cc2ccc(O)cc2)N=C(c2cccc(O)c2)c2ccc(Cl)cc21. The number of anilines is 1. The van der Waals surface area contributed by atoms with Crippen molar-refractivity contribution >= 4 is 28.9 Å². The van der Waals surface area contributed by atoms with Crippen LogP contribution in [0.15, 0.2) is 71.7 Å². The Kier molecular flexibility index (Phi) is 5.61. The van der Waals surface area contributed by atoms with E-state index in [4.69, 9.17) is 16.6 Å². The monoisotopic (exact) mass is 431 g/mol. The first-order chi connectivity index (χ1) is 15.0. The summed E-state index contributed by atoms with van der Waals surface area (Å²) in [5.41, 5.74) is 3.13. The van der Waals surface area contributed by atoms with Crippen molar-refractivity contribution in [2.75, 3.05) is 11.4 Å². The number of carbonyl (C=O) groups is 1. The van der Waals surface area contributed by atoms with Crippen LogP contribution in [-0.4, -0.2) is 34.4 Å². The Balaban J connectivity index is 1.89. The van der Waals surface area contributed by atoms with Crippen molar-refractivity contribution in [3.63, 3.8) is 0 Å². The maximum absolute atomic E-state index is 13.5. The molecule has 1 unspecified atom stereocenters. The molecule has 1 heterocycles. The summed E-state index contributed by atoms with van der Waals surface area (Å²) in [5.74, 6) is -0.114. The molecule has 0 radical (unpaired) electrons. The first-order valence-corrected chi connectivity index (χ1v) is 9.97. The average molecular weight is 432 g/mol. The maximum atomic E-state index is 13.5. The van der Waals surface area contributed by atoms with Gasteiger partial charge in [0.1, 0.15) is 24.1 Å². The van der Waals surface area contributed by atoms with Crippen molar-refractivity contribution in [2.24, 2.45) is 4.99 Å². The van der Waals surface area contributed by atoms with Gasteiger partial charge < -0.3 is 10.2 Å². The largest absolute Gasteiger partial charge is 0.508 e. The third-order valence-electron chi connectivity index (χ3n) is 5.06. The highest BCUT2D eigenvalue weighted by molar-refractivity contribution is 6.31. The third-order valence-corrected chi connectivity index (χ3v) is 5.29. The molecule has 3 aromatic carbocycles. The first-order valence-electron chi connectivity index (χ1n) is 9.59. The Labute approximate surface area is 184 Å². The molecule has 154 valence electrons. The van der Waals surface area contributed by atoms with Gasteiger partial charge in [0, 0.05) is 22.6 Å². The summed E-state index contributed by atoms with van der Waals surface area (Å²) in [4.78, 5) is 19.6. The van der Waals surface area contributed by atoms with Crippen LogP contribution < -0.4 is 4.90 Å². The molecular weight excluding hydrogens is 414 g/mol. The zero-order chi connectivity index (χ0) is 22.0. The van der Waals surface area contributed by atoms with Crippen LogP contribution in [0.5, 0.6) is 11.5 Å². The molecule has 1 atom stereocenters. The van der Waals surface area contributed by atoms with Crippen LogP contribution in [0.2, 0.25) is 5.02 Å². The van der Waals surface area contributed by atoms with Crippen molar-refractivity contribution in [1.82, 2.24) is 0 Å². The number of benzodiazepines with no additional fused rings is 1. The van der Waals surface area contributed by atoms with Crippen LogP contribution in [0, 0.1) is 11.3 Å². The lowest BCUT2D eigenvalue weighted by molar-refractivity contribution is -0.119. The van der Waals surface area contributed by atoms with Crippen LogP contribution >= 0.6 is 11.6 Å². The Hall–Kier alpha value is -3.82. The summed E-state index contributed by atoms with van der Waals surface area (Å²) in [7, 11) is 0. The lowest BCUT2D eigenvalue weighted by Gasteiger charge is -2.22. The predicted octanol–water partition coefficient (Wildman–Crippen LogP) is 4.07. The van der Waals surface area contributed by atoms with Crippen LogP contribution in [0.1, 0.15) is 16.7 Å². The highest BCUT2D eigenvalue weighted by Crippen LogP contribution is 2.32. The van der Waals surface area contributed by atoms with Gasteiger partial charge >= 0.3 is 0 Å². The van der Waals surface area contributed by atoms with Crippen LogP contribution in [0.4, 0.5) is 5.69 Å². The van der Waals surface area contributed by atoms with Crippen LogP contribution in [-0.2, 0) is 11.2 Å². The Bertz CT molecular complexity index is 1220. The minimum Gasteiger partial charge on any atom is -0.508 e. The number of hydrogen-bond donors (Lipinski definition) is 2. The van der Waals surface area contributed by atoms with Gasteiger partial charge in [-0.1, -0.05) is 35.9 Å². The molecule has 0 aliphatic carbocycles. The second kappa shape index (κ2) is 8.50. The molecule has 0 saturated carbocycles. The molecule has 4 rings (SSSR count). The molecule has 0 aromatic heterocycles. The first kappa shape index (κ1) is 20.5. The van der Waals surface area contributed by atoms with Gasteiger partial charge in [0.25, 0.3) is 5.91 Å². The fraction of sp³-hybridized carbons (Fsp3) is 0.125. The van der Waals surface area contributed by atoms with Crippen molar-refractivity contribution < 1.29 is 15.0 Å². The predicted molar refractivity (Wildman–Crippen MR) is 119 cm³/mol. The number of phenols is 2. The van der Waals surface area contributed by atoms with E-state index in [2.05, 4.69) is 0 Å². The van der Waals surface area contributed by atoms with Crippen molar-refractivity contribution in [3.8, 4) is 17.6 Å². The number of aromatic hydroxyl groups is 2. The average Bonchev–Trinajstić information content (AvgIpc) is 2.86. The normalized spacial score (nSPS) is 15.6. The summed E-state index contributed by atoms with van der Waals surface area (Å²) in [6, 6.07) is 19.6. The van der Waals surface area contributed by atoms with E-state index < -0.39 is 6.04 Å². The van der Waals surface area contributed by atoms with E-state index in [1.54, 1.807) is 66.7 Å². The zero-order valence-electron chi connectivity index (χ0n) is 16.4. The van der Waals surface area contributed by atoms with Crippen molar-refractivity contribution in [2.45, 2.75) is 12.5 Å². The number of phenolic OH excluding ortho intramolecular Hbond substituents is 2. The van der Waals surface area contributed by atoms with Crippen molar-refractivity contribution in [1.29, 1.82) is 5.26 Å². The minimum absolute atomic E-state index is 0.0789. The Morgan fingerprint density at radius 1 is 1.03 bits per heavy atom. The summed E-state index contributed by atoms with van der Waals surface area (Å²) < 4.78 is 0. The summed E-state index contributed by atoms with van der Waals surface area (Å²) >= 11 is 6.22. The molecule has 0 saturated heterocycles. The Morgan fingerprint density at radius 2 is 1.81 bits per heavy atom. The van der Waals surface area contributed by atoms with E-state index in [-0.39, 0.29) is 30.4 Å². The van der Waals surface area contributed by atoms with Gasteiger partial charge in [0.05, 0.1) is 17.5 Å². The van der Waals surface area contributed by atoms with E-state index >= 15 is 0 Å². The molecule has 31 heavy (non-hydrogen) atoms. The smallest absolute Gasteiger partial charge is 0.253 e. The summed E-state index contributed by atoms with van der Waals surface area (Å²) in [5, 5.41) is 29.4. The Morgan fingerprint density at radius 3 is 2.52 bits per heavy atom. The van der Waals surface area contributed by atoms with Crippen LogP contribution in [0.3, 0.4) is 0 Å². The minimum atomic E-state index is -0.804. The van der Waals surface area contributed by atoms with E-state index in [9.17, 15) is 20.3 Å². The molecule has 1 aliphatic heterocycles. The van der Waals surface area contributed by atoms with Gasteiger partial charge in [0.2, 0.25) is 0 Å². The van der Waals surface area contributed by atoms with Gasteiger partial charge in [0.15, 0.2) is 0 Å². The zero-order valence-corrected chi connectivity index (χ0v) is 17.1. The fourth-order valence-electron chi connectivity index (χ4n) is 3.61. The number of halogens is 1. The van der Waals surface area contributed by atoms with Gasteiger partial charge in [-0.2, -0.15) is 5.26 Å². The molecule has 3 aromatic rings. The number of fused-ring (bicyclic) bond motifs is 1. The number of benzene rings is 3. The number of amides is 1. The lowest BCUT2D eigenvalue weighted by atomic mass is 10.00. The van der Waals surface area contributed by atoms with Gasteiger partial charge in [-0.3, -0.25) is 14.7 Å². The summed E-state index contributed by atoms with van der Waals surface area (Å²) in [6.45, 7) is -0.152. The topological polar surface area (TPSA) is 96.9 Å². The lowest BCUT2D eigenvalue weighted by Crippen LogP contribution is -2.39. The molecule has 2 N–H and O–H groups in total. The number of nitriles is 1. The van der Waals surface area contributed by atoms with E-state index in [0.29, 0.717) is 27.5 Å². The van der Waals surface area contributed by atoms with Crippen molar-refractivity contribution in [3.05, 3.63) is 88.4 Å². The quantitative estimate of drug-likeness (QED) is 0.608. The number of carbonyl (C=O) groups excluding carboxylic acids is 1. The fourth-order valence-corrected chi connectivity index (χ4v) is 3.78. The van der Waals surface area contributed by atoms with E-state index in [1.807, 2.05) is 6.07 Å². The maximum Gasteiger partial charge on any atom is 0.253 e. The number of nitrogens with zero attached hydrogens (tertiary/aromatic N) is 3. The van der Waals surface area contributed by atoms with E-state index in [0.717, 1.165) is 5.56 Å². The highest BCUT2D eigenvalue weighted by atomic mass is 35.5. The van der Waals surface area contributed by atoms with Gasteiger partial charge in [-0.25, -0.2) is 0 Å². The molecule has 1 amide bonds. The molecule has 0 bridgehead atoms.